The van der Waals surface area contributed by atoms with Gasteiger partial charge in [0.05, 0.1) is 10.5 Å². The summed E-state index contributed by atoms with van der Waals surface area (Å²) in [7, 11) is 1.83. The molecule has 1 aromatic carbocycles. The van der Waals surface area contributed by atoms with E-state index in [1.807, 2.05) is 34.0 Å². The van der Waals surface area contributed by atoms with Crippen molar-refractivity contribution in [3.63, 3.8) is 0 Å². The molecule has 0 spiro atoms. The number of anilines is 1. The van der Waals surface area contributed by atoms with Crippen molar-refractivity contribution in [3.8, 4) is 23.1 Å². The van der Waals surface area contributed by atoms with Crippen molar-refractivity contribution in [1.29, 1.82) is 0 Å². The molecule has 0 aliphatic carbocycles. The number of hydrogen-bond acceptors (Lipinski definition) is 4. The van der Waals surface area contributed by atoms with Crippen LogP contribution in [0.1, 0.15) is 58.9 Å². The van der Waals surface area contributed by atoms with Gasteiger partial charge in [0.1, 0.15) is 5.69 Å². The molecule has 2 aromatic rings. The predicted molar refractivity (Wildman–Crippen MR) is 114 cm³/mol. The van der Waals surface area contributed by atoms with Gasteiger partial charge in [0.2, 0.25) is 0 Å². The number of hydrogen-bond donors (Lipinski definition) is 1. The third-order valence-electron chi connectivity index (χ3n) is 4.22. The number of nitro benzene ring substituents is 1. The van der Waals surface area contributed by atoms with Crippen molar-refractivity contribution < 1.29 is 4.92 Å². The second-order valence-electron chi connectivity index (χ2n) is 8.04. The minimum absolute atomic E-state index is 0.0481. The van der Waals surface area contributed by atoms with Crippen LogP contribution in [0, 0.1) is 27.4 Å². The molecular weight excluding hydrogens is 352 g/mol. The highest BCUT2D eigenvalue weighted by atomic mass is 16.6. The van der Waals surface area contributed by atoms with Gasteiger partial charge in [0, 0.05) is 48.6 Å². The summed E-state index contributed by atoms with van der Waals surface area (Å²) in [5.41, 5.74) is 2.90. The van der Waals surface area contributed by atoms with Gasteiger partial charge < -0.3 is 5.32 Å². The number of nitro groups is 1. The number of nitrogens with one attached hydrogen (secondary N) is 1. The van der Waals surface area contributed by atoms with E-state index in [4.69, 9.17) is 0 Å². The van der Waals surface area contributed by atoms with Gasteiger partial charge in [-0.15, -0.1) is 0 Å². The normalized spacial score (nSPS) is 11.0. The Hall–Kier alpha value is -2.81. The summed E-state index contributed by atoms with van der Waals surface area (Å²) in [5.74, 6) is 6.43. The highest BCUT2D eigenvalue weighted by Crippen LogP contribution is 2.33. The van der Waals surface area contributed by atoms with Crippen LogP contribution in [-0.4, -0.2) is 21.2 Å². The second kappa shape index (κ2) is 9.41. The molecule has 1 heterocycles. The lowest BCUT2D eigenvalue weighted by Gasteiger charge is -2.11. The minimum atomic E-state index is -0.377. The fourth-order valence-electron chi connectivity index (χ4n) is 2.80. The van der Waals surface area contributed by atoms with E-state index < -0.39 is 0 Å². The van der Waals surface area contributed by atoms with Gasteiger partial charge in [0.15, 0.2) is 0 Å². The molecule has 0 amide bonds. The molecule has 1 aromatic heterocycles. The molecule has 0 saturated carbocycles. The van der Waals surface area contributed by atoms with Crippen LogP contribution < -0.4 is 5.32 Å². The van der Waals surface area contributed by atoms with Gasteiger partial charge in [-0.25, -0.2) is 0 Å². The fourth-order valence-corrected chi connectivity index (χ4v) is 2.80. The lowest BCUT2D eigenvalue weighted by Crippen LogP contribution is -2.04. The molecule has 0 aliphatic heterocycles. The van der Waals surface area contributed by atoms with E-state index in [9.17, 15) is 10.1 Å². The minimum Gasteiger partial charge on any atom is -0.384 e. The Labute approximate surface area is 167 Å². The Morgan fingerprint density at radius 3 is 2.64 bits per heavy atom. The summed E-state index contributed by atoms with van der Waals surface area (Å²) in [6.45, 7) is 9.15. The topological polar surface area (TPSA) is 73.0 Å². The number of unbranched alkanes of at least 4 members (excludes halogenated alkanes) is 3. The average Bonchev–Trinajstić information content (AvgIpc) is 3.00. The summed E-state index contributed by atoms with van der Waals surface area (Å²) < 4.78 is 1.70. The highest BCUT2D eigenvalue weighted by Gasteiger charge is 2.18. The van der Waals surface area contributed by atoms with E-state index in [2.05, 4.69) is 29.2 Å². The SMILES string of the molecule is CCCCCCNc1ccc([N+](=O)[O-])cc1-c1nn(C)cc1C#CC(C)(C)C. The molecule has 150 valence electrons. The largest absolute Gasteiger partial charge is 0.384 e. The zero-order valence-electron chi connectivity index (χ0n) is 17.5. The summed E-state index contributed by atoms with van der Waals surface area (Å²) >= 11 is 0. The smallest absolute Gasteiger partial charge is 0.270 e. The standard InChI is InChI=1S/C22H30N4O2/c1-6-7-8-9-14-23-20-11-10-18(26(27)28)15-19(20)21-17(16-25(5)24-21)12-13-22(2,3)4/h10-11,15-16,23H,6-9,14H2,1-5H3. The summed E-state index contributed by atoms with van der Waals surface area (Å²) in [5, 5.41) is 19.3. The molecule has 0 radical (unpaired) electrons. The van der Waals surface area contributed by atoms with Gasteiger partial charge in [0.25, 0.3) is 5.69 Å². The highest BCUT2D eigenvalue weighted by molar-refractivity contribution is 5.81. The first kappa shape index (κ1) is 21.5. The van der Waals surface area contributed by atoms with Crippen LogP contribution in [0.5, 0.6) is 0 Å². The first-order valence-electron chi connectivity index (χ1n) is 9.81. The van der Waals surface area contributed by atoms with E-state index in [-0.39, 0.29) is 16.0 Å². The number of non-ortho nitro benzene ring substituents is 1. The first-order valence-corrected chi connectivity index (χ1v) is 9.81. The zero-order chi connectivity index (χ0) is 20.7. The summed E-state index contributed by atoms with van der Waals surface area (Å²) in [4.78, 5) is 10.9. The Kier molecular flexibility index (Phi) is 7.22. The van der Waals surface area contributed by atoms with E-state index in [0.29, 0.717) is 11.3 Å². The molecular formula is C22H30N4O2. The lowest BCUT2D eigenvalue weighted by atomic mass is 9.97. The number of nitrogens with zero attached hydrogens (tertiary/aromatic N) is 3. The van der Waals surface area contributed by atoms with Gasteiger partial charge in [-0.2, -0.15) is 5.10 Å². The van der Waals surface area contributed by atoms with Crippen molar-refractivity contribution in [1.82, 2.24) is 9.78 Å². The van der Waals surface area contributed by atoms with Crippen LogP contribution in [0.15, 0.2) is 24.4 Å². The van der Waals surface area contributed by atoms with Crippen LogP contribution in [-0.2, 0) is 7.05 Å². The van der Waals surface area contributed by atoms with Crippen LogP contribution >= 0.6 is 0 Å². The van der Waals surface area contributed by atoms with Crippen molar-refractivity contribution in [2.24, 2.45) is 12.5 Å². The molecule has 0 fully saturated rings. The Morgan fingerprint density at radius 2 is 2.00 bits per heavy atom. The Morgan fingerprint density at radius 1 is 1.25 bits per heavy atom. The molecule has 0 aliphatic rings. The molecule has 6 nitrogen and oxygen atoms in total. The van der Waals surface area contributed by atoms with Crippen molar-refractivity contribution in [2.75, 3.05) is 11.9 Å². The van der Waals surface area contributed by atoms with E-state index in [1.54, 1.807) is 16.8 Å². The van der Waals surface area contributed by atoms with Crippen molar-refractivity contribution >= 4 is 11.4 Å². The van der Waals surface area contributed by atoms with E-state index in [0.717, 1.165) is 30.6 Å². The average molecular weight is 383 g/mol. The number of aromatic nitrogens is 2. The first-order chi connectivity index (χ1) is 13.2. The van der Waals surface area contributed by atoms with Crippen LogP contribution in [0.3, 0.4) is 0 Å². The molecule has 0 atom stereocenters. The Balaban J connectivity index is 2.43. The predicted octanol–water partition coefficient (Wildman–Crippen LogP) is 5.39. The number of rotatable bonds is 8. The lowest BCUT2D eigenvalue weighted by molar-refractivity contribution is -0.384. The number of aryl methyl sites for hydroxylation is 1. The molecule has 1 N–H and O–H groups in total. The molecule has 0 bridgehead atoms. The van der Waals surface area contributed by atoms with Gasteiger partial charge in [-0.1, -0.05) is 38.0 Å². The van der Waals surface area contributed by atoms with Crippen molar-refractivity contribution in [3.05, 3.63) is 40.1 Å². The maximum atomic E-state index is 11.3. The third kappa shape index (κ3) is 6.12. The van der Waals surface area contributed by atoms with Crippen LogP contribution in [0.4, 0.5) is 11.4 Å². The van der Waals surface area contributed by atoms with Gasteiger partial charge in [-0.3, -0.25) is 14.8 Å². The van der Waals surface area contributed by atoms with Gasteiger partial charge >= 0.3 is 0 Å². The summed E-state index contributed by atoms with van der Waals surface area (Å²) in [6, 6.07) is 4.88. The zero-order valence-corrected chi connectivity index (χ0v) is 17.5. The van der Waals surface area contributed by atoms with E-state index in [1.165, 1.54) is 18.9 Å². The molecule has 6 heteroatoms. The molecule has 2 rings (SSSR count). The number of benzene rings is 1. The van der Waals surface area contributed by atoms with Crippen LogP contribution in [0.25, 0.3) is 11.3 Å². The summed E-state index contributed by atoms with van der Waals surface area (Å²) in [6.07, 6.45) is 6.48. The quantitative estimate of drug-likeness (QED) is 0.288. The van der Waals surface area contributed by atoms with E-state index >= 15 is 0 Å². The Bertz CT molecular complexity index is 882. The van der Waals surface area contributed by atoms with Gasteiger partial charge in [-0.05, 0) is 33.3 Å². The second-order valence-corrected chi connectivity index (χ2v) is 8.04. The fraction of sp³-hybridized carbons (Fsp3) is 0.500. The maximum absolute atomic E-state index is 11.3. The molecule has 0 unspecified atom stereocenters. The van der Waals surface area contributed by atoms with Crippen molar-refractivity contribution in [2.45, 2.75) is 53.4 Å². The maximum Gasteiger partial charge on any atom is 0.270 e. The third-order valence-corrected chi connectivity index (χ3v) is 4.22. The monoisotopic (exact) mass is 382 g/mol. The molecule has 0 saturated heterocycles. The van der Waals surface area contributed by atoms with Crippen LogP contribution in [0.2, 0.25) is 0 Å². The molecule has 28 heavy (non-hydrogen) atoms.